The Balaban J connectivity index is 1.88. The van der Waals surface area contributed by atoms with Gasteiger partial charge in [-0.05, 0) is 23.8 Å². The number of rotatable bonds is 5. The summed E-state index contributed by atoms with van der Waals surface area (Å²) in [6.45, 7) is -0.638. The maximum Gasteiger partial charge on any atom is 0.274 e. The van der Waals surface area contributed by atoms with Crippen LogP contribution in [-0.4, -0.2) is 30.6 Å². The molecule has 1 unspecified atom stereocenters. The molecule has 8 heteroatoms. The van der Waals surface area contributed by atoms with Gasteiger partial charge >= 0.3 is 0 Å². The second kappa shape index (κ2) is 7.23. The molecule has 138 valence electrons. The Hall–Kier alpha value is -2.77. The van der Waals surface area contributed by atoms with Gasteiger partial charge in [0.15, 0.2) is 0 Å². The fourth-order valence-electron chi connectivity index (χ4n) is 3.14. The highest BCUT2D eigenvalue weighted by molar-refractivity contribution is 5.96. The van der Waals surface area contributed by atoms with Gasteiger partial charge in [0, 0.05) is 31.1 Å². The average molecular weight is 366 g/mol. The van der Waals surface area contributed by atoms with Crippen LogP contribution in [0.1, 0.15) is 17.9 Å². The quantitative estimate of drug-likeness (QED) is 0.818. The molecular formula is C18H17F3N2O3. The number of carbonyl (C=O) groups excluding carboxylic acids is 1. The predicted molar refractivity (Wildman–Crippen MR) is 89.4 cm³/mol. The van der Waals surface area contributed by atoms with Crippen molar-refractivity contribution < 1.29 is 22.7 Å². The molecule has 2 aromatic rings. The number of anilines is 1. The number of hydrogen-bond donors (Lipinski definition) is 0. The van der Waals surface area contributed by atoms with Gasteiger partial charge in [-0.1, -0.05) is 6.07 Å². The first-order valence-corrected chi connectivity index (χ1v) is 8.02. The zero-order valence-electron chi connectivity index (χ0n) is 14.0. The number of pyridine rings is 1. The minimum Gasteiger partial charge on any atom is -0.497 e. The van der Waals surface area contributed by atoms with Crippen LogP contribution in [0, 0.1) is 5.82 Å². The van der Waals surface area contributed by atoms with Crippen molar-refractivity contribution >= 4 is 11.6 Å². The van der Waals surface area contributed by atoms with Crippen molar-refractivity contribution in [3.05, 3.63) is 58.3 Å². The standard InChI is InChI=1S/C18H17F3N2O3/c1-26-12-4-5-13(14(19)8-12)11-7-17(24)23(9-11)15-3-2-6-22(18(15)25)10-16(20)21/h2-6,8,11,16H,7,9-10H2,1H3. The van der Waals surface area contributed by atoms with E-state index in [1.807, 2.05) is 0 Å². The van der Waals surface area contributed by atoms with Crippen molar-refractivity contribution in [2.24, 2.45) is 0 Å². The molecule has 1 aromatic heterocycles. The monoisotopic (exact) mass is 366 g/mol. The van der Waals surface area contributed by atoms with Crippen LogP contribution in [0.3, 0.4) is 0 Å². The average Bonchev–Trinajstić information content (AvgIpc) is 2.97. The van der Waals surface area contributed by atoms with E-state index in [1.165, 1.54) is 36.4 Å². The second-order valence-electron chi connectivity index (χ2n) is 6.03. The van der Waals surface area contributed by atoms with E-state index in [0.29, 0.717) is 11.3 Å². The molecule has 0 aliphatic carbocycles. The molecule has 1 atom stereocenters. The summed E-state index contributed by atoms with van der Waals surface area (Å²) >= 11 is 0. The molecule has 1 amide bonds. The lowest BCUT2D eigenvalue weighted by Crippen LogP contribution is -2.33. The Morgan fingerprint density at radius 2 is 2.04 bits per heavy atom. The first-order chi connectivity index (χ1) is 12.4. The number of nitrogens with zero attached hydrogens (tertiary/aromatic N) is 2. The minimum atomic E-state index is -2.68. The van der Waals surface area contributed by atoms with Crippen LogP contribution in [0.2, 0.25) is 0 Å². The minimum absolute atomic E-state index is 0.0227. The summed E-state index contributed by atoms with van der Waals surface area (Å²) in [5.41, 5.74) is -0.294. The lowest BCUT2D eigenvalue weighted by molar-refractivity contribution is -0.117. The number of halogens is 3. The smallest absolute Gasteiger partial charge is 0.274 e. The van der Waals surface area contributed by atoms with E-state index < -0.39 is 30.3 Å². The molecule has 1 saturated heterocycles. The van der Waals surface area contributed by atoms with E-state index >= 15 is 0 Å². The SMILES string of the molecule is COc1ccc(C2CC(=O)N(c3cccn(CC(F)F)c3=O)C2)c(F)c1. The number of benzene rings is 1. The van der Waals surface area contributed by atoms with Gasteiger partial charge < -0.3 is 14.2 Å². The third-order valence-corrected chi connectivity index (χ3v) is 4.40. The van der Waals surface area contributed by atoms with Crippen LogP contribution < -0.4 is 15.2 Å². The third kappa shape index (κ3) is 3.44. The topological polar surface area (TPSA) is 51.5 Å². The maximum absolute atomic E-state index is 14.3. The van der Waals surface area contributed by atoms with Crippen LogP contribution in [0.15, 0.2) is 41.3 Å². The Morgan fingerprint density at radius 1 is 1.27 bits per heavy atom. The number of amides is 1. The van der Waals surface area contributed by atoms with Gasteiger partial charge in [-0.2, -0.15) is 0 Å². The summed E-state index contributed by atoms with van der Waals surface area (Å²) in [5, 5.41) is 0. The van der Waals surface area contributed by atoms with Crippen molar-refractivity contribution in [1.29, 1.82) is 0 Å². The first kappa shape index (κ1) is 18.0. The van der Waals surface area contributed by atoms with Gasteiger partial charge in [0.25, 0.3) is 12.0 Å². The van der Waals surface area contributed by atoms with Gasteiger partial charge in [-0.3, -0.25) is 9.59 Å². The summed E-state index contributed by atoms with van der Waals surface area (Å²) in [7, 11) is 1.43. The molecule has 3 rings (SSSR count). The summed E-state index contributed by atoms with van der Waals surface area (Å²) in [4.78, 5) is 26.0. The van der Waals surface area contributed by atoms with Crippen molar-refractivity contribution in [1.82, 2.24) is 4.57 Å². The zero-order valence-corrected chi connectivity index (χ0v) is 14.0. The van der Waals surface area contributed by atoms with E-state index in [1.54, 1.807) is 12.1 Å². The van der Waals surface area contributed by atoms with Crippen LogP contribution in [0.5, 0.6) is 5.75 Å². The molecule has 1 aliphatic rings. The molecule has 1 fully saturated rings. The molecule has 0 N–H and O–H groups in total. The molecule has 0 radical (unpaired) electrons. The van der Waals surface area contributed by atoms with Gasteiger partial charge in [0.2, 0.25) is 5.91 Å². The molecule has 1 aliphatic heterocycles. The molecule has 5 nitrogen and oxygen atoms in total. The number of aromatic nitrogens is 1. The van der Waals surface area contributed by atoms with Gasteiger partial charge in [-0.15, -0.1) is 0 Å². The van der Waals surface area contributed by atoms with Crippen molar-refractivity contribution in [3.63, 3.8) is 0 Å². The van der Waals surface area contributed by atoms with Gasteiger partial charge in [0.1, 0.15) is 17.3 Å². The summed E-state index contributed by atoms with van der Waals surface area (Å²) < 4.78 is 45.3. The van der Waals surface area contributed by atoms with Crippen molar-refractivity contribution in [2.75, 3.05) is 18.6 Å². The van der Waals surface area contributed by atoms with Gasteiger partial charge in [0.05, 0.1) is 13.7 Å². The van der Waals surface area contributed by atoms with Crippen LogP contribution in [-0.2, 0) is 11.3 Å². The predicted octanol–water partition coefficient (Wildman–Crippen LogP) is 2.78. The van der Waals surface area contributed by atoms with E-state index in [4.69, 9.17) is 4.74 Å². The number of alkyl halides is 2. The summed E-state index contributed by atoms with van der Waals surface area (Å²) in [6, 6.07) is 7.24. The van der Waals surface area contributed by atoms with E-state index in [2.05, 4.69) is 0 Å². The highest BCUT2D eigenvalue weighted by atomic mass is 19.3. The van der Waals surface area contributed by atoms with Crippen molar-refractivity contribution in [2.45, 2.75) is 25.3 Å². The third-order valence-electron chi connectivity index (χ3n) is 4.40. The molecule has 0 saturated carbocycles. The van der Waals surface area contributed by atoms with Crippen LogP contribution in [0.25, 0.3) is 0 Å². The maximum atomic E-state index is 14.3. The second-order valence-corrected chi connectivity index (χ2v) is 6.03. The van der Waals surface area contributed by atoms with E-state index in [0.717, 1.165) is 4.57 Å². The normalized spacial score (nSPS) is 17.2. The fourth-order valence-corrected chi connectivity index (χ4v) is 3.14. The number of carbonyl (C=O) groups is 1. The molecular weight excluding hydrogens is 349 g/mol. The Morgan fingerprint density at radius 3 is 2.69 bits per heavy atom. The van der Waals surface area contributed by atoms with Gasteiger partial charge in [-0.25, -0.2) is 13.2 Å². The van der Waals surface area contributed by atoms with Crippen LogP contribution >= 0.6 is 0 Å². The molecule has 26 heavy (non-hydrogen) atoms. The highest BCUT2D eigenvalue weighted by Gasteiger charge is 2.34. The lowest BCUT2D eigenvalue weighted by atomic mass is 9.97. The molecule has 0 bridgehead atoms. The number of hydrogen-bond acceptors (Lipinski definition) is 3. The zero-order chi connectivity index (χ0) is 18.8. The molecule has 0 spiro atoms. The highest BCUT2D eigenvalue weighted by Crippen LogP contribution is 2.33. The lowest BCUT2D eigenvalue weighted by Gasteiger charge is -2.18. The van der Waals surface area contributed by atoms with Crippen molar-refractivity contribution in [3.8, 4) is 5.75 Å². The fraction of sp³-hybridized carbons (Fsp3) is 0.333. The Kier molecular flexibility index (Phi) is 5.01. The summed E-state index contributed by atoms with van der Waals surface area (Å²) in [5.74, 6) is -0.911. The van der Waals surface area contributed by atoms with E-state index in [9.17, 15) is 22.8 Å². The van der Waals surface area contributed by atoms with E-state index in [-0.39, 0.29) is 24.6 Å². The molecule has 1 aromatic carbocycles. The first-order valence-electron chi connectivity index (χ1n) is 8.02. The Labute approximate surface area is 147 Å². The number of ether oxygens (including phenoxy) is 1. The van der Waals surface area contributed by atoms with Crippen LogP contribution in [0.4, 0.5) is 18.9 Å². The Bertz CT molecular complexity index is 882. The molecule has 2 heterocycles. The summed E-state index contributed by atoms with van der Waals surface area (Å²) in [6.07, 6.45) is -1.40. The largest absolute Gasteiger partial charge is 0.497 e. The number of methoxy groups -OCH3 is 1.